The second-order valence-electron chi connectivity index (χ2n) is 4.30. The third kappa shape index (κ3) is 3.56. The summed E-state index contributed by atoms with van der Waals surface area (Å²) in [4.78, 5) is 11.3. The van der Waals surface area contributed by atoms with Crippen LogP contribution in [0.15, 0.2) is 48.5 Å². The van der Waals surface area contributed by atoms with Crippen LogP contribution in [0.4, 0.5) is 4.39 Å². The quantitative estimate of drug-likeness (QED) is 0.888. The number of nitrogens with one attached hydrogen (secondary N) is 1. The van der Waals surface area contributed by atoms with Gasteiger partial charge in [-0.3, -0.25) is 10.1 Å². The fraction of sp³-hybridized carbons (Fsp3) is 0.133. The lowest BCUT2D eigenvalue weighted by Gasteiger charge is -2.15. The maximum absolute atomic E-state index is 13.2. The number of aliphatic carboxylic acids is 1. The van der Waals surface area contributed by atoms with Crippen molar-refractivity contribution >= 4 is 17.6 Å². The molecule has 104 valence electrons. The van der Waals surface area contributed by atoms with Crippen molar-refractivity contribution in [3.63, 3.8) is 0 Å². The van der Waals surface area contributed by atoms with Crippen molar-refractivity contribution in [1.29, 1.82) is 0 Å². The van der Waals surface area contributed by atoms with Gasteiger partial charge in [-0.15, -0.1) is 0 Å². The maximum Gasteiger partial charge on any atom is 0.325 e. The molecule has 0 radical (unpaired) electrons. The molecule has 0 aromatic heterocycles. The Balaban J connectivity index is 2.14. The molecule has 0 aliphatic rings. The first-order valence-electron chi connectivity index (χ1n) is 6.03. The number of hydrogen-bond donors (Lipinski definition) is 2. The van der Waals surface area contributed by atoms with Crippen LogP contribution in [0.1, 0.15) is 17.2 Å². The monoisotopic (exact) mass is 293 g/mol. The summed E-state index contributed by atoms with van der Waals surface area (Å²) in [7, 11) is 0. The molecule has 2 aromatic rings. The Hall–Kier alpha value is -1.91. The number of benzene rings is 2. The molecule has 0 heterocycles. The van der Waals surface area contributed by atoms with Crippen LogP contribution in [0.5, 0.6) is 0 Å². The van der Waals surface area contributed by atoms with Crippen LogP contribution < -0.4 is 5.32 Å². The second kappa shape index (κ2) is 6.50. The minimum absolute atomic E-state index is 0.169. The van der Waals surface area contributed by atoms with Crippen LogP contribution in [-0.2, 0) is 11.3 Å². The van der Waals surface area contributed by atoms with E-state index in [1.54, 1.807) is 24.3 Å². The third-order valence-electron chi connectivity index (χ3n) is 2.88. The molecular weight excluding hydrogens is 281 g/mol. The van der Waals surface area contributed by atoms with Gasteiger partial charge in [0, 0.05) is 11.6 Å². The molecular formula is C15H13ClFNO2. The largest absolute Gasteiger partial charge is 0.480 e. The van der Waals surface area contributed by atoms with E-state index >= 15 is 0 Å². The van der Waals surface area contributed by atoms with Crippen LogP contribution in [0.25, 0.3) is 0 Å². The van der Waals surface area contributed by atoms with Crippen LogP contribution in [0.2, 0.25) is 5.02 Å². The fourth-order valence-electron chi connectivity index (χ4n) is 1.88. The van der Waals surface area contributed by atoms with Gasteiger partial charge in [-0.2, -0.15) is 0 Å². The van der Waals surface area contributed by atoms with Crippen molar-refractivity contribution in [3.05, 3.63) is 70.5 Å². The molecule has 1 unspecified atom stereocenters. The Morgan fingerprint density at radius 3 is 2.60 bits per heavy atom. The number of rotatable bonds is 5. The van der Waals surface area contributed by atoms with Gasteiger partial charge in [0.2, 0.25) is 0 Å². The lowest BCUT2D eigenvalue weighted by molar-refractivity contribution is -0.139. The number of hydrogen-bond acceptors (Lipinski definition) is 2. The zero-order valence-corrected chi connectivity index (χ0v) is 11.3. The van der Waals surface area contributed by atoms with Gasteiger partial charge in [-0.25, -0.2) is 4.39 Å². The number of halogens is 2. The smallest absolute Gasteiger partial charge is 0.325 e. The van der Waals surface area contributed by atoms with Gasteiger partial charge >= 0.3 is 5.97 Å². The summed E-state index contributed by atoms with van der Waals surface area (Å²) in [6, 6.07) is 11.9. The second-order valence-corrected chi connectivity index (χ2v) is 4.71. The standard InChI is InChI=1S/C15H13ClFNO2/c16-13-7-6-12(17)8-11(13)9-18-14(15(19)20)10-4-2-1-3-5-10/h1-8,14,18H,9H2,(H,19,20). The molecule has 1 atom stereocenters. The molecule has 0 bridgehead atoms. The van der Waals surface area contributed by atoms with Crippen LogP contribution in [-0.4, -0.2) is 11.1 Å². The van der Waals surface area contributed by atoms with Gasteiger partial charge in [-0.05, 0) is 29.3 Å². The van der Waals surface area contributed by atoms with Crippen LogP contribution in [0, 0.1) is 5.82 Å². The summed E-state index contributed by atoms with van der Waals surface area (Å²) in [5, 5.41) is 12.5. The van der Waals surface area contributed by atoms with Gasteiger partial charge in [0.15, 0.2) is 0 Å². The lowest BCUT2D eigenvalue weighted by atomic mass is 10.1. The van der Waals surface area contributed by atoms with E-state index in [4.69, 9.17) is 11.6 Å². The average molecular weight is 294 g/mol. The number of carbonyl (C=O) groups is 1. The van der Waals surface area contributed by atoms with Gasteiger partial charge in [0.25, 0.3) is 0 Å². The molecule has 0 amide bonds. The Morgan fingerprint density at radius 2 is 1.95 bits per heavy atom. The fourth-order valence-corrected chi connectivity index (χ4v) is 2.07. The molecule has 0 fully saturated rings. The first kappa shape index (κ1) is 14.5. The highest BCUT2D eigenvalue weighted by Crippen LogP contribution is 2.19. The van der Waals surface area contributed by atoms with Crippen molar-refractivity contribution in [2.45, 2.75) is 12.6 Å². The van der Waals surface area contributed by atoms with E-state index in [9.17, 15) is 14.3 Å². The molecule has 20 heavy (non-hydrogen) atoms. The van der Waals surface area contributed by atoms with Crippen molar-refractivity contribution < 1.29 is 14.3 Å². The van der Waals surface area contributed by atoms with E-state index in [1.165, 1.54) is 18.2 Å². The molecule has 3 nitrogen and oxygen atoms in total. The molecule has 0 aliphatic carbocycles. The molecule has 0 aliphatic heterocycles. The van der Waals surface area contributed by atoms with E-state index in [-0.39, 0.29) is 6.54 Å². The van der Waals surface area contributed by atoms with Crippen molar-refractivity contribution in [3.8, 4) is 0 Å². The van der Waals surface area contributed by atoms with Crippen LogP contribution >= 0.6 is 11.6 Å². The Labute approximate surface area is 121 Å². The van der Waals surface area contributed by atoms with E-state index in [2.05, 4.69) is 5.32 Å². The van der Waals surface area contributed by atoms with Gasteiger partial charge in [0.05, 0.1) is 0 Å². The summed E-state index contributed by atoms with van der Waals surface area (Å²) in [6.45, 7) is 0.169. The molecule has 2 N–H and O–H groups in total. The Morgan fingerprint density at radius 1 is 1.25 bits per heavy atom. The molecule has 2 aromatic carbocycles. The summed E-state index contributed by atoms with van der Waals surface area (Å²) >= 11 is 5.95. The first-order valence-corrected chi connectivity index (χ1v) is 6.41. The predicted octanol–water partition coefficient (Wildman–Crippen LogP) is 3.39. The summed E-state index contributed by atoms with van der Waals surface area (Å²) < 4.78 is 13.2. The zero-order valence-electron chi connectivity index (χ0n) is 10.5. The maximum atomic E-state index is 13.2. The van der Waals surface area contributed by atoms with Crippen molar-refractivity contribution in [2.75, 3.05) is 0 Å². The van der Waals surface area contributed by atoms with E-state index in [0.29, 0.717) is 16.1 Å². The highest BCUT2D eigenvalue weighted by atomic mass is 35.5. The van der Waals surface area contributed by atoms with E-state index in [1.807, 2.05) is 6.07 Å². The molecule has 2 rings (SSSR count). The Kier molecular flexibility index (Phi) is 4.71. The summed E-state index contributed by atoms with van der Waals surface area (Å²) in [5.41, 5.74) is 1.15. The van der Waals surface area contributed by atoms with Gasteiger partial charge in [0.1, 0.15) is 11.9 Å². The topological polar surface area (TPSA) is 49.3 Å². The van der Waals surface area contributed by atoms with Gasteiger partial charge in [-0.1, -0.05) is 41.9 Å². The molecule has 0 spiro atoms. The summed E-state index contributed by atoms with van der Waals surface area (Å²) in [6.07, 6.45) is 0. The van der Waals surface area contributed by atoms with E-state index < -0.39 is 17.8 Å². The highest BCUT2D eigenvalue weighted by molar-refractivity contribution is 6.31. The minimum Gasteiger partial charge on any atom is -0.480 e. The van der Waals surface area contributed by atoms with E-state index in [0.717, 1.165) is 0 Å². The third-order valence-corrected chi connectivity index (χ3v) is 3.25. The molecule has 5 heteroatoms. The van der Waals surface area contributed by atoms with Crippen molar-refractivity contribution in [2.24, 2.45) is 0 Å². The number of carboxylic acid groups (broad SMARTS) is 1. The normalized spacial score (nSPS) is 12.1. The molecule has 0 saturated heterocycles. The summed E-state index contributed by atoms with van der Waals surface area (Å²) in [5.74, 6) is -1.40. The van der Waals surface area contributed by atoms with Gasteiger partial charge < -0.3 is 5.11 Å². The zero-order chi connectivity index (χ0) is 14.5. The SMILES string of the molecule is O=C(O)C(NCc1cc(F)ccc1Cl)c1ccccc1. The highest BCUT2D eigenvalue weighted by Gasteiger charge is 2.19. The van der Waals surface area contributed by atoms with Crippen LogP contribution in [0.3, 0.4) is 0 Å². The molecule has 0 saturated carbocycles. The first-order chi connectivity index (χ1) is 9.58. The predicted molar refractivity (Wildman–Crippen MR) is 75.1 cm³/mol. The average Bonchev–Trinajstić information content (AvgIpc) is 2.43. The number of carboxylic acids is 1. The minimum atomic E-state index is -0.997. The Bertz CT molecular complexity index is 604. The van der Waals surface area contributed by atoms with Crippen molar-refractivity contribution in [1.82, 2.24) is 5.32 Å². The lowest BCUT2D eigenvalue weighted by Crippen LogP contribution is -2.28.